The van der Waals surface area contributed by atoms with Gasteiger partial charge in [0.15, 0.2) is 0 Å². The van der Waals surface area contributed by atoms with Gasteiger partial charge in [-0.25, -0.2) is 4.98 Å². The number of fused-ring (bicyclic) bond motifs is 1. The van der Waals surface area contributed by atoms with Crippen molar-refractivity contribution in [3.8, 4) is 11.1 Å². The van der Waals surface area contributed by atoms with Crippen molar-refractivity contribution in [2.45, 2.75) is 13.5 Å². The Kier molecular flexibility index (Phi) is 5.41. The molecule has 2 aromatic carbocycles. The number of thiophene rings is 1. The minimum Gasteiger partial charge on any atom is -0.323 e. The van der Waals surface area contributed by atoms with Gasteiger partial charge in [-0.2, -0.15) is 0 Å². The van der Waals surface area contributed by atoms with E-state index in [1.165, 1.54) is 28.3 Å². The van der Waals surface area contributed by atoms with E-state index in [0.717, 1.165) is 16.7 Å². The van der Waals surface area contributed by atoms with Crippen LogP contribution in [-0.4, -0.2) is 15.5 Å². The lowest BCUT2D eigenvalue weighted by molar-refractivity contribution is -0.116. The largest absolute Gasteiger partial charge is 0.323 e. The lowest BCUT2D eigenvalue weighted by Gasteiger charge is -2.09. The van der Waals surface area contributed by atoms with Gasteiger partial charge in [0.1, 0.15) is 11.4 Å². The van der Waals surface area contributed by atoms with Gasteiger partial charge in [0.25, 0.3) is 5.56 Å². The van der Waals surface area contributed by atoms with E-state index in [-0.39, 0.29) is 18.0 Å². The van der Waals surface area contributed by atoms with E-state index in [2.05, 4.69) is 10.3 Å². The highest BCUT2D eigenvalue weighted by molar-refractivity contribution is 7.17. The maximum atomic E-state index is 13.1. The van der Waals surface area contributed by atoms with Gasteiger partial charge >= 0.3 is 0 Å². The van der Waals surface area contributed by atoms with Crippen molar-refractivity contribution in [3.05, 3.63) is 80.1 Å². The molecule has 29 heavy (non-hydrogen) atoms. The van der Waals surface area contributed by atoms with Gasteiger partial charge in [-0.1, -0.05) is 53.0 Å². The Labute approximate surface area is 180 Å². The Morgan fingerprint density at radius 1 is 1.17 bits per heavy atom. The number of amides is 1. The van der Waals surface area contributed by atoms with E-state index in [4.69, 9.17) is 23.2 Å². The molecule has 0 aliphatic rings. The van der Waals surface area contributed by atoms with Crippen molar-refractivity contribution in [2.75, 3.05) is 5.32 Å². The zero-order valence-corrected chi connectivity index (χ0v) is 17.6. The molecule has 2 aromatic heterocycles. The summed E-state index contributed by atoms with van der Waals surface area (Å²) in [7, 11) is 0. The van der Waals surface area contributed by atoms with E-state index in [0.29, 0.717) is 25.9 Å². The van der Waals surface area contributed by atoms with Crippen LogP contribution in [0.2, 0.25) is 10.0 Å². The maximum Gasteiger partial charge on any atom is 0.263 e. The zero-order chi connectivity index (χ0) is 20.5. The Balaban J connectivity index is 1.65. The molecule has 0 saturated heterocycles. The lowest BCUT2D eigenvalue weighted by atomic mass is 10.1. The van der Waals surface area contributed by atoms with E-state index < -0.39 is 0 Å². The van der Waals surface area contributed by atoms with Crippen molar-refractivity contribution in [1.29, 1.82) is 0 Å². The van der Waals surface area contributed by atoms with Crippen LogP contribution in [0, 0.1) is 6.92 Å². The van der Waals surface area contributed by atoms with Crippen LogP contribution in [-0.2, 0) is 11.3 Å². The van der Waals surface area contributed by atoms with Crippen LogP contribution in [0.15, 0.2) is 59.0 Å². The first-order valence-corrected chi connectivity index (χ1v) is 10.3. The van der Waals surface area contributed by atoms with Crippen molar-refractivity contribution in [3.63, 3.8) is 0 Å². The molecule has 4 rings (SSSR count). The number of nitrogens with zero attached hydrogens (tertiary/aromatic N) is 2. The fourth-order valence-electron chi connectivity index (χ4n) is 2.96. The van der Waals surface area contributed by atoms with E-state index in [1.54, 1.807) is 12.1 Å². The number of halogens is 2. The molecule has 0 atom stereocenters. The first-order valence-electron chi connectivity index (χ1n) is 8.71. The number of carbonyl (C=O) groups is 1. The molecule has 146 valence electrons. The highest BCUT2D eigenvalue weighted by atomic mass is 35.5. The summed E-state index contributed by atoms with van der Waals surface area (Å²) >= 11 is 13.4. The first-order chi connectivity index (χ1) is 13.9. The molecule has 0 unspecified atom stereocenters. The Morgan fingerprint density at radius 3 is 2.66 bits per heavy atom. The molecule has 1 amide bonds. The van der Waals surface area contributed by atoms with Gasteiger partial charge < -0.3 is 5.32 Å². The van der Waals surface area contributed by atoms with Gasteiger partial charge in [-0.3, -0.25) is 14.2 Å². The summed E-state index contributed by atoms with van der Waals surface area (Å²) in [6.07, 6.45) is 1.39. The molecular formula is C21H15Cl2N3O2S. The van der Waals surface area contributed by atoms with Crippen LogP contribution in [0.5, 0.6) is 0 Å². The summed E-state index contributed by atoms with van der Waals surface area (Å²) < 4.78 is 1.30. The second-order valence-corrected chi connectivity index (χ2v) is 8.25. The smallest absolute Gasteiger partial charge is 0.263 e. The summed E-state index contributed by atoms with van der Waals surface area (Å²) in [6.45, 7) is 1.83. The predicted molar refractivity (Wildman–Crippen MR) is 119 cm³/mol. The standard InChI is InChI=1S/C21H15Cl2N3O2S/c1-12-2-4-13(5-3-12)15-10-29-20-19(15)21(28)26(11-24-20)9-18(27)25-17-7-6-14(22)8-16(17)23/h2-8,10-11H,9H2,1H3,(H,25,27). The van der Waals surface area contributed by atoms with Crippen LogP contribution < -0.4 is 10.9 Å². The van der Waals surface area contributed by atoms with Crippen LogP contribution >= 0.6 is 34.5 Å². The van der Waals surface area contributed by atoms with Gasteiger partial charge in [0.05, 0.1) is 22.4 Å². The molecule has 0 radical (unpaired) electrons. The number of anilines is 1. The number of nitrogens with one attached hydrogen (secondary N) is 1. The van der Waals surface area contributed by atoms with Crippen molar-refractivity contribution in [2.24, 2.45) is 0 Å². The Morgan fingerprint density at radius 2 is 1.93 bits per heavy atom. The SMILES string of the molecule is Cc1ccc(-c2csc3ncn(CC(=O)Nc4ccc(Cl)cc4Cl)c(=O)c23)cc1. The summed E-state index contributed by atoms with van der Waals surface area (Å²) in [4.78, 5) is 30.5. The Bertz CT molecular complexity index is 1280. The van der Waals surface area contributed by atoms with Crippen LogP contribution in [0.4, 0.5) is 5.69 Å². The number of carbonyl (C=O) groups excluding carboxylic acids is 1. The molecule has 4 aromatic rings. The van der Waals surface area contributed by atoms with Gasteiger partial charge in [-0.15, -0.1) is 11.3 Å². The van der Waals surface area contributed by atoms with Crippen LogP contribution in [0.1, 0.15) is 5.56 Å². The van der Waals surface area contributed by atoms with Gasteiger partial charge in [-0.05, 0) is 30.7 Å². The summed E-state index contributed by atoms with van der Waals surface area (Å²) in [5, 5.41) is 5.92. The van der Waals surface area contributed by atoms with Crippen molar-refractivity contribution >= 4 is 56.3 Å². The molecular weight excluding hydrogens is 429 g/mol. The number of rotatable bonds is 4. The van der Waals surface area contributed by atoms with E-state index >= 15 is 0 Å². The minimum absolute atomic E-state index is 0.177. The third-order valence-corrected chi connectivity index (χ3v) is 5.88. The molecule has 0 spiro atoms. The first kappa shape index (κ1) is 19.6. The molecule has 0 bridgehead atoms. The number of hydrogen-bond donors (Lipinski definition) is 1. The van der Waals surface area contributed by atoms with Crippen LogP contribution in [0.3, 0.4) is 0 Å². The highest BCUT2D eigenvalue weighted by Crippen LogP contribution is 2.30. The lowest BCUT2D eigenvalue weighted by Crippen LogP contribution is -2.27. The average molecular weight is 444 g/mol. The summed E-state index contributed by atoms with van der Waals surface area (Å²) in [5.74, 6) is -0.385. The van der Waals surface area contributed by atoms with Crippen molar-refractivity contribution in [1.82, 2.24) is 9.55 Å². The quantitative estimate of drug-likeness (QED) is 0.460. The number of benzene rings is 2. The molecule has 1 N–H and O–H groups in total. The maximum absolute atomic E-state index is 13.1. The van der Waals surface area contributed by atoms with Gasteiger partial charge in [0.2, 0.25) is 5.91 Å². The van der Waals surface area contributed by atoms with Crippen LogP contribution in [0.25, 0.3) is 21.3 Å². The number of aryl methyl sites for hydroxylation is 1. The molecule has 8 heteroatoms. The monoisotopic (exact) mass is 443 g/mol. The second-order valence-electron chi connectivity index (χ2n) is 6.55. The molecule has 2 heterocycles. The third kappa shape index (κ3) is 4.05. The fraction of sp³-hybridized carbons (Fsp3) is 0.0952. The third-order valence-electron chi connectivity index (χ3n) is 4.44. The number of hydrogen-bond acceptors (Lipinski definition) is 4. The summed E-state index contributed by atoms with van der Waals surface area (Å²) in [6, 6.07) is 12.7. The molecule has 5 nitrogen and oxygen atoms in total. The highest BCUT2D eigenvalue weighted by Gasteiger charge is 2.15. The normalized spacial score (nSPS) is 11.0. The van der Waals surface area contributed by atoms with E-state index in [9.17, 15) is 9.59 Å². The topological polar surface area (TPSA) is 64.0 Å². The molecule has 0 fully saturated rings. The summed E-state index contributed by atoms with van der Waals surface area (Å²) in [5.41, 5.74) is 3.07. The fourth-order valence-corrected chi connectivity index (χ4v) is 4.32. The second kappa shape index (κ2) is 7.99. The molecule has 0 aliphatic heterocycles. The Hall–Kier alpha value is -2.67. The van der Waals surface area contributed by atoms with Gasteiger partial charge in [0, 0.05) is 16.0 Å². The molecule has 0 aliphatic carbocycles. The average Bonchev–Trinajstić information content (AvgIpc) is 3.12. The van der Waals surface area contributed by atoms with Crippen molar-refractivity contribution < 1.29 is 4.79 Å². The number of aromatic nitrogens is 2. The zero-order valence-electron chi connectivity index (χ0n) is 15.3. The molecule has 0 saturated carbocycles. The predicted octanol–water partition coefficient (Wildman–Crippen LogP) is 5.38. The minimum atomic E-state index is -0.385. The van der Waals surface area contributed by atoms with E-state index in [1.807, 2.05) is 36.6 Å².